The Kier molecular flexibility index (Phi) is 12.4. The Balaban J connectivity index is 1.29. The molecule has 3 aromatic heterocycles. The Bertz CT molecular complexity index is 4170. The third-order valence-corrected chi connectivity index (χ3v) is 13.8. The lowest BCUT2D eigenvalue weighted by atomic mass is 9.94. The first-order valence-electron chi connectivity index (χ1n) is 24.8. The zero-order chi connectivity index (χ0) is 54.2. The van der Waals surface area contributed by atoms with Gasteiger partial charge in [0.1, 0.15) is 0 Å². The second-order valence-electron chi connectivity index (χ2n) is 18.6. The molecule has 12 heteroatoms. The van der Waals surface area contributed by atoms with Crippen molar-refractivity contribution in [1.29, 1.82) is 21.0 Å². The van der Waals surface area contributed by atoms with Gasteiger partial charge in [0.05, 0.1) is 91.6 Å². The zero-order valence-corrected chi connectivity index (χ0v) is 41.4. The number of nitriles is 4. The summed E-state index contributed by atoms with van der Waals surface area (Å²) in [5.41, 5.74) is 7.69. The minimum Gasteiger partial charge on any atom is -0.308 e. The van der Waals surface area contributed by atoms with Crippen molar-refractivity contribution in [3.05, 3.63) is 246 Å². The SMILES string of the molecule is N#Cc1ccc(-c2ccc3c4ccc(-c5ccc(C#N)cc5C#N)cc4n(-c4c(-c5cc(-c6ccccc6)nc(-c6ccccc6)n5)cc(C(F)(F)F)cc4-c4cc(-c5ccccc5)nc(-c5ccccc5)n4)c3c2)c(C#N)c1. The highest BCUT2D eigenvalue weighted by Crippen LogP contribution is 2.47. The summed E-state index contributed by atoms with van der Waals surface area (Å²) in [5.74, 6) is 0.534. The Morgan fingerprint density at radius 1 is 0.342 bits per heavy atom. The molecule has 79 heavy (non-hydrogen) atoms. The van der Waals surface area contributed by atoms with E-state index in [2.05, 4.69) is 24.3 Å². The molecule has 0 atom stereocenters. The van der Waals surface area contributed by atoms with Gasteiger partial charge in [0.25, 0.3) is 0 Å². The fourth-order valence-electron chi connectivity index (χ4n) is 10.1. The van der Waals surface area contributed by atoms with Gasteiger partial charge in [-0.05, 0) is 82.9 Å². The maximum Gasteiger partial charge on any atom is 0.416 e. The van der Waals surface area contributed by atoms with Gasteiger partial charge in [0.15, 0.2) is 11.6 Å². The van der Waals surface area contributed by atoms with Gasteiger partial charge < -0.3 is 4.57 Å². The highest BCUT2D eigenvalue weighted by molar-refractivity contribution is 6.12. The molecule has 12 aromatic rings. The summed E-state index contributed by atoms with van der Waals surface area (Å²) < 4.78 is 50.2. The van der Waals surface area contributed by atoms with Gasteiger partial charge in [0.2, 0.25) is 0 Å². The van der Waals surface area contributed by atoms with Crippen LogP contribution in [0.1, 0.15) is 27.8 Å². The molecule has 0 saturated carbocycles. The highest BCUT2D eigenvalue weighted by Gasteiger charge is 2.35. The molecular formula is C67H36F3N9. The van der Waals surface area contributed by atoms with Gasteiger partial charge >= 0.3 is 6.18 Å². The maximum absolute atomic E-state index is 16.1. The van der Waals surface area contributed by atoms with Gasteiger partial charge in [-0.1, -0.05) is 158 Å². The summed E-state index contributed by atoms with van der Waals surface area (Å²) in [4.78, 5) is 20.4. The Morgan fingerprint density at radius 3 is 1.09 bits per heavy atom. The van der Waals surface area contributed by atoms with E-state index in [0.29, 0.717) is 88.8 Å². The van der Waals surface area contributed by atoms with E-state index in [9.17, 15) is 21.0 Å². The van der Waals surface area contributed by atoms with Crippen LogP contribution >= 0.6 is 0 Å². The zero-order valence-electron chi connectivity index (χ0n) is 41.4. The quantitative estimate of drug-likeness (QED) is 0.139. The van der Waals surface area contributed by atoms with E-state index < -0.39 is 11.7 Å². The molecule has 9 aromatic carbocycles. The smallest absolute Gasteiger partial charge is 0.308 e. The molecule has 0 aliphatic heterocycles. The van der Waals surface area contributed by atoms with Crippen LogP contribution in [0.15, 0.2) is 218 Å². The van der Waals surface area contributed by atoms with E-state index in [0.717, 1.165) is 12.1 Å². The fraction of sp³-hybridized carbons (Fsp3) is 0.0149. The molecule has 9 nitrogen and oxygen atoms in total. The molecule has 0 unspecified atom stereocenters. The second-order valence-corrected chi connectivity index (χ2v) is 18.6. The number of hydrogen-bond acceptors (Lipinski definition) is 8. The van der Waals surface area contributed by atoms with Crippen LogP contribution in [0, 0.1) is 45.3 Å². The van der Waals surface area contributed by atoms with E-state index in [4.69, 9.17) is 19.9 Å². The molecule has 0 radical (unpaired) electrons. The number of benzene rings is 9. The number of hydrogen-bond donors (Lipinski definition) is 0. The summed E-state index contributed by atoms with van der Waals surface area (Å²) in [6.45, 7) is 0. The van der Waals surface area contributed by atoms with Gasteiger partial charge in [0, 0.05) is 44.2 Å². The molecule has 0 N–H and O–H groups in total. The van der Waals surface area contributed by atoms with Gasteiger partial charge in [-0.3, -0.25) is 0 Å². The van der Waals surface area contributed by atoms with Crippen LogP contribution in [-0.2, 0) is 6.18 Å². The van der Waals surface area contributed by atoms with E-state index in [1.807, 2.05) is 162 Å². The van der Waals surface area contributed by atoms with Crippen LogP contribution in [0.5, 0.6) is 0 Å². The lowest BCUT2D eigenvalue weighted by Crippen LogP contribution is -2.10. The lowest BCUT2D eigenvalue weighted by molar-refractivity contribution is -0.137. The summed E-state index contributed by atoms with van der Waals surface area (Å²) in [6.07, 6.45) is -4.90. The molecule has 0 aliphatic carbocycles. The van der Waals surface area contributed by atoms with Crippen LogP contribution in [-0.4, -0.2) is 24.5 Å². The van der Waals surface area contributed by atoms with Crippen molar-refractivity contribution in [2.75, 3.05) is 0 Å². The standard InChI is InChI=1S/C67H36F3N9/c68-67(69,70)51-33-56(60-35-58(43-13-5-1-6-14-43)75-65(77-60)45-17-9-3-10-18-45)64(57(34-51)61-36-59(44-15-7-2-8-16-44)76-66(78-61)46-19-11-4-12-20-46)79-62-31-47(52-25-21-41(37-71)29-49(52)39-73)23-27-54(62)55-28-24-48(32-63(55)79)53-26-22-42(38-72)30-50(53)40-74/h1-36H. The average Bonchev–Trinajstić information content (AvgIpc) is 3.94. The summed E-state index contributed by atoms with van der Waals surface area (Å²) >= 11 is 0. The van der Waals surface area contributed by atoms with Crippen molar-refractivity contribution in [3.8, 4) is 120 Å². The Hall–Kier alpha value is -11.3. The van der Waals surface area contributed by atoms with E-state index in [-0.39, 0.29) is 51.0 Å². The first kappa shape index (κ1) is 48.6. The first-order chi connectivity index (χ1) is 38.6. The summed E-state index contributed by atoms with van der Waals surface area (Å²) in [7, 11) is 0. The third-order valence-electron chi connectivity index (χ3n) is 13.8. The van der Waals surface area contributed by atoms with E-state index in [1.165, 1.54) is 12.1 Å². The summed E-state index contributed by atoms with van der Waals surface area (Å²) in [6, 6.07) is 72.6. The number of halogens is 3. The van der Waals surface area contributed by atoms with Gasteiger partial charge in [-0.2, -0.15) is 34.2 Å². The molecule has 3 heterocycles. The van der Waals surface area contributed by atoms with Crippen LogP contribution < -0.4 is 0 Å². The lowest BCUT2D eigenvalue weighted by Gasteiger charge is -2.22. The van der Waals surface area contributed by atoms with Crippen LogP contribution in [0.4, 0.5) is 13.2 Å². The number of aromatic nitrogens is 5. The van der Waals surface area contributed by atoms with Gasteiger partial charge in [-0.25, -0.2) is 19.9 Å². The number of nitrogens with zero attached hydrogens (tertiary/aromatic N) is 9. The fourth-order valence-corrected chi connectivity index (χ4v) is 10.1. The molecule has 370 valence electrons. The predicted octanol–water partition coefficient (Wildman–Crippen LogP) is 16.2. The molecule has 0 spiro atoms. The molecule has 0 bridgehead atoms. The normalized spacial score (nSPS) is 11.2. The van der Waals surface area contributed by atoms with Crippen LogP contribution in [0.25, 0.3) is 118 Å². The largest absolute Gasteiger partial charge is 0.416 e. The molecule has 0 saturated heterocycles. The monoisotopic (exact) mass is 1020 g/mol. The van der Waals surface area contributed by atoms with Crippen molar-refractivity contribution < 1.29 is 13.2 Å². The molecule has 0 fully saturated rings. The first-order valence-corrected chi connectivity index (χ1v) is 24.8. The third kappa shape index (κ3) is 9.15. The van der Waals surface area contributed by atoms with Crippen molar-refractivity contribution in [2.45, 2.75) is 6.18 Å². The molecular weight excluding hydrogens is 988 g/mol. The number of rotatable bonds is 9. The van der Waals surface area contributed by atoms with Crippen molar-refractivity contribution in [1.82, 2.24) is 24.5 Å². The Morgan fingerprint density at radius 2 is 0.722 bits per heavy atom. The van der Waals surface area contributed by atoms with Crippen molar-refractivity contribution in [2.24, 2.45) is 0 Å². The van der Waals surface area contributed by atoms with Gasteiger partial charge in [-0.15, -0.1) is 0 Å². The minimum atomic E-state index is -4.90. The molecule has 0 aliphatic rings. The second kappa shape index (κ2) is 20.1. The van der Waals surface area contributed by atoms with Crippen molar-refractivity contribution >= 4 is 21.8 Å². The van der Waals surface area contributed by atoms with E-state index in [1.54, 1.807) is 36.4 Å². The number of alkyl halides is 3. The van der Waals surface area contributed by atoms with Crippen LogP contribution in [0.3, 0.4) is 0 Å². The average molecular weight is 1020 g/mol. The van der Waals surface area contributed by atoms with E-state index >= 15 is 13.2 Å². The Labute approximate surface area is 450 Å². The van der Waals surface area contributed by atoms with Crippen molar-refractivity contribution in [3.63, 3.8) is 0 Å². The highest BCUT2D eigenvalue weighted by atomic mass is 19.4. The topological polar surface area (TPSA) is 152 Å². The summed E-state index contributed by atoms with van der Waals surface area (Å²) in [5, 5.41) is 42.0. The predicted molar refractivity (Wildman–Crippen MR) is 299 cm³/mol. The minimum absolute atomic E-state index is 0.0736. The molecule has 0 amide bonds. The van der Waals surface area contributed by atoms with Crippen LogP contribution in [0.2, 0.25) is 0 Å². The molecule has 12 rings (SSSR count). The maximum atomic E-state index is 16.1. The number of fused-ring (bicyclic) bond motifs is 3.